The van der Waals surface area contributed by atoms with Gasteiger partial charge < -0.3 is 0 Å². The number of rotatable bonds is 0. The maximum absolute atomic E-state index is 4.53. The molecular weight excluding hydrogens is 82.5 g/mol. The second-order valence-electron chi connectivity index (χ2n) is 0.109. The van der Waals surface area contributed by atoms with E-state index >= 15 is 0 Å². The Balaban J connectivity index is 0. The van der Waals surface area contributed by atoms with Crippen molar-refractivity contribution in [2.45, 2.75) is 0 Å². The van der Waals surface area contributed by atoms with Crippen LogP contribution in [0.2, 0.25) is 0 Å². The van der Waals surface area contributed by atoms with E-state index in [4.69, 9.17) is 0 Å². The Bertz CT molecular complexity index is 27.5. The average molecular weight is 84.5 g/mol. The molecule has 0 rings (SSSR count). The maximum atomic E-state index is 4.53. The molecule has 0 unspecified atom stereocenters. The first-order valence-electron chi connectivity index (χ1n) is 0.478. The standard InChI is InChI=1S/C2HCl.Na.H/c1-2-3;;/h1H;;. The number of hydrogen-bond acceptors (Lipinski definition) is 0. The normalized spacial score (nSPS) is 2.00. The molecule has 0 aliphatic carbocycles. The molecule has 0 fully saturated rings. The van der Waals surface area contributed by atoms with Gasteiger partial charge in [-0.25, -0.2) is 0 Å². The van der Waals surface area contributed by atoms with E-state index in [0.29, 0.717) is 0 Å². The predicted molar refractivity (Wildman–Crippen MR) is 21.8 cm³/mol. The summed E-state index contributed by atoms with van der Waals surface area (Å²) >= 11 is 4.53. The first-order valence-corrected chi connectivity index (χ1v) is 0.856. The van der Waals surface area contributed by atoms with Gasteiger partial charge in [-0.15, -0.1) is 6.42 Å². The molecule has 0 saturated carbocycles. The topological polar surface area (TPSA) is 0 Å². The fraction of sp³-hybridized carbons (Fsp3) is 0. The molecule has 2 heteroatoms. The molecule has 0 bridgehead atoms. The molecule has 0 spiro atoms. The van der Waals surface area contributed by atoms with Crippen molar-refractivity contribution in [1.29, 1.82) is 0 Å². The van der Waals surface area contributed by atoms with Gasteiger partial charge in [0.1, 0.15) is 0 Å². The van der Waals surface area contributed by atoms with E-state index in [1.807, 2.05) is 0 Å². The molecule has 0 aromatic rings. The second kappa shape index (κ2) is 9.14. The van der Waals surface area contributed by atoms with Gasteiger partial charge in [-0.2, -0.15) is 0 Å². The van der Waals surface area contributed by atoms with Gasteiger partial charge in [0.2, 0.25) is 0 Å². The van der Waals surface area contributed by atoms with Crippen LogP contribution in [0.25, 0.3) is 0 Å². The van der Waals surface area contributed by atoms with Gasteiger partial charge in [0.05, 0.1) is 0 Å². The van der Waals surface area contributed by atoms with Gasteiger partial charge in [-0.3, -0.25) is 0 Å². The van der Waals surface area contributed by atoms with Gasteiger partial charge in [0.25, 0.3) is 0 Å². The predicted octanol–water partition coefficient (Wildman–Crippen LogP) is 0.167. The molecule has 0 saturated heterocycles. The van der Waals surface area contributed by atoms with E-state index in [1.165, 1.54) is 0 Å². The quantitative estimate of drug-likeness (QED) is 0.290. The van der Waals surface area contributed by atoms with Crippen molar-refractivity contribution in [3.8, 4) is 11.8 Å². The van der Waals surface area contributed by atoms with Crippen molar-refractivity contribution in [2.75, 3.05) is 0 Å². The zero-order valence-electron chi connectivity index (χ0n) is 1.46. The van der Waals surface area contributed by atoms with Gasteiger partial charge in [-0.1, -0.05) is 0 Å². The third-order valence-corrected chi connectivity index (χ3v) is 0. The molecule has 0 aliphatic rings. The van der Waals surface area contributed by atoms with Crippen molar-refractivity contribution in [2.24, 2.45) is 0 Å². The molecule has 0 aromatic carbocycles. The summed E-state index contributed by atoms with van der Waals surface area (Å²) in [5, 5.41) is 1.72. The van der Waals surface area contributed by atoms with E-state index in [2.05, 4.69) is 18.0 Å². The average Bonchev–Trinajstić information content (AvgIpc) is 0.918. The van der Waals surface area contributed by atoms with Crippen LogP contribution in [0.15, 0.2) is 0 Å². The molecule has 18 valence electrons. The van der Waals surface area contributed by atoms with Crippen molar-refractivity contribution in [1.82, 2.24) is 0 Å². The zero-order chi connectivity index (χ0) is 2.71. The Morgan fingerprint density at radius 3 is 1.75 bits per heavy atom. The first-order chi connectivity index (χ1) is 1.41. The molecule has 0 amide bonds. The third kappa shape index (κ3) is 13.5. The number of terminal acetylenes is 1. The number of halogens is 1. The van der Waals surface area contributed by atoms with Crippen LogP contribution in [0.5, 0.6) is 0 Å². The van der Waals surface area contributed by atoms with Crippen molar-refractivity contribution in [3.63, 3.8) is 0 Å². The summed E-state index contributed by atoms with van der Waals surface area (Å²) in [6.45, 7) is 0. The summed E-state index contributed by atoms with van der Waals surface area (Å²) in [4.78, 5) is 0. The number of hydrogen-bond donors (Lipinski definition) is 0. The Morgan fingerprint density at radius 2 is 1.75 bits per heavy atom. The van der Waals surface area contributed by atoms with Crippen LogP contribution in [0.1, 0.15) is 0 Å². The molecule has 0 radical (unpaired) electrons. The molecule has 0 atom stereocenters. The van der Waals surface area contributed by atoms with Crippen LogP contribution in [0, 0.1) is 11.8 Å². The molecule has 0 nitrogen and oxygen atoms in total. The van der Waals surface area contributed by atoms with Crippen molar-refractivity contribution >= 4 is 41.2 Å². The van der Waals surface area contributed by atoms with Gasteiger partial charge >= 0.3 is 29.6 Å². The minimum atomic E-state index is 0. The summed E-state index contributed by atoms with van der Waals surface area (Å²) in [6, 6.07) is 0. The SMILES string of the molecule is C#CCl.[NaH]. The molecule has 4 heavy (non-hydrogen) atoms. The summed E-state index contributed by atoms with van der Waals surface area (Å²) in [5.74, 6) is 0. The Hall–Kier alpha value is 0.850. The molecule has 0 aliphatic heterocycles. The Morgan fingerprint density at radius 1 is 1.75 bits per heavy atom. The zero-order valence-corrected chi connectivity index (χ0v) is 2.21. The summed E-state index contributed by atoms with van der Waals surface area (Å²) in [5.41, 5.74) is 0. The van der Waals surface area contributed by atoms with E-state index in [0.717, 1.165) is 0 Å². The Labute approximate surface area is 52.8 Å². The van der Waals surface area contributed by atoms with Crippen LogP contribution < -0.4 is 0 Å². The second-order valence-corrected chi connectivity index (χ2v) is 0.327. The fourth-order valence-corrected chi connectivity index (χ4v) is 0. The van der Waals surface area contributed by atoms with E-state index in [-0.39, 0.29) is 29.6 Å². The van der Waals surface area contributed by atoms with Crippen LogP contribution in [-0.4, -0.2) is 29.6 Å². The monoisotopic (exact) mass is 84.0 g/mol. The van der Waals surface area contributed by atoms with Crippen LogP contribution in [-0.2, 0) is 0 Å². The van der Waals surface area contributed by atoms with Crippen LogP contribution in [0.3, 0.4) is 0 Å². The summed E-state index contributed by atoms with van der Waals surface area (Å²) < 4.78 is 0. The first kappa shape index (κ1) is 8.85. The van der Waals surface area contributed by atoms with Gasteiger partial charge in [0.15, 0.2) is 0 Å². The van der Waals surface area contributed by atoms with Crippen molar-refractivity contribution < 1.29 is 0 Å². The third-order valence-electron chi connectivity index (χ3n) is 0. The van der Waals surface area contributed by atoms with E-state index in [1.54, 1.807) is 5.38 Å². The van der Waals surface area contributed by atoms with Gasteiger partial charge in [0, 0.05) is 5.38 Å². The Kier molecular flexibility index (Phi) is 20.2. The van der Waals surface area contributed by atoms with E-state index in [9.17, 15) is 0 Å². The van der Waals surface area contributed by atoms with E-state index < -0.39 is 0 Å². The molecule has 0 N–H and O–H groups in total. The molecular formula is C2H2ClNa. The van der Waals surface area contributed by atoms with Gasteiger partial charge in [-0.05, 0) is 11.6 Å². The molecule has 0 heterocycles. The molecule has 0 aromatic heterocycles. The van der Waals surface area contributed by atoms with Crippen LogP contribution in [0.4, 0.5) is 0 Å². The minimum absolute atomic E-state index is 0. The summed E-state index contributed by atoms with van der Waals surface area (Å²) in [6.07, 6.45) is 4.36. The van der Waals surface area contributed by atoms with Crippen LogP contribution >= 0.6 is 11.6 Å². The summed E-state index contributed by atoms with van der Waals surface area (Å²) in [7, 11) is 0. The van der Waals surface area contributed by atoms with Crippen molar-refractivity contribution in [3.05, 3.63) is 0 Å². The fourth-order valence-electron chi connectivity index (χ4n) is 0.